The SMILES string of the molecule is CC(C)n1nc(CO)cc1NC(=O)OC(C)(C)C. The molecule has 1 rings (SSSR count). The molecular weight excluding hydrogens is 234 g/mol. The number of aliphatic hydroxyl groups is 1. The summed E-state index contributed by atoms with van der Waals surface area (Å²) in [6.45, 7) is 9.11. The molecule has 2 N–H and O–H groups in total. The second kappa shape index (κ2) is 5.39. The quantitative estimate of drug-likeness (QED) is 0.869. The molecule has 1 aromatic rings. The maximum atomic E-state index is 11.7. The second-order valence-corrected chi connectivity index (χ2v) is 5.34. The molecular formula is C12H21N3O3. The molecule has 0 atom stereocenters. The number of nitrogens with zero attached hydrogens (tertiary/aromatic N) is 2. The van der Waals surface area contributed by atoms with E-state index >= 15 is 0 Å². The van der Waals surface area contributed by atoms with Gasteiger partial charge in [-0.2, -0.15) is 5.10 Å². The largest absolute Gasteiger partial charge is 0.444 e. The van der Waals surface area contributed by atoms with E-state index in [1.54, 1.807) is 31.5 Å². The summed E-state index contributed by atoms with van der Waals surface area (Å²) < 4.78 is 6.80. The number of carbonyl (C=O) groups excluding carboxylic acids is 1. The number of carbonyl (C=O) groups is 1. The topological polar surface area (TPSA) is 76.4 Å². The molecule has 6 heteroatoms. The van der Waals surface area contributed by atoms with Crippen molar-refractivity contribution in [2.75, 3.05) is 5.32 Å². The molecule has 0 saturated carbocycles. The van der Waals surface area contributed by atoms with Crippen molar-refractivity contribution in [2.45, 2.75) is 52.9 Å². The Bertz CT molecular complexity index is 419. The van der Waals surface area contributed by atoms with Gasteiger partial charge in [-0.25, -0.2) is 9.48 Å². The van der Waals surface area contributed by atoms with Crippen LogP contribution in [0, 0.1) is 0 Å². The summed E-state index contributed by atoms with van der Waals surface area (Å²) in [6, 6.07) is 1.71. The lowest BCUT2D eigenvalue weighted by Crippen LogP contribution is -2.28. The van der Waals surface area contributed by atoms with Crippen molar-refractivity contribution in [2.24, 2.45) is 0 Å². The van der Waals surface area contributed by atoms with Gasteiger partial charge in [-0.1, -0.05) is 0 Å². The van der Waals surface area contributed by atoms with Crippen molar-refractivity contribution < 1.29 is 14.6 Å². The minimum atomic E-state index is -0.549. The summed E-state index contributed by atoms with van der Waals surface area (Å²) in [7, 11) is 0. The van der Waals surface area contributed by atoms with E-state index in [0.29, 0.717) is 11.5 Å². The van der Waals surface area contributed by atoms with Crippen LogP contribution in [0.2, 0.25) is 0 Å². The normalized spacial score (nSPS) is 11.7. The van der Waals surface area contributed by atoms with E-state index in [4.69, 9.17) is 9.84 Å². The highest BCUT2D eigenvalue weighted by Crippen LogP contribution is 2.17. The number of nitrogens with one attached hydrogen (secondary N) is 1. The number of anilines is 1. The third-order valence-electron chi connectivity index (χ3n) is 2.07. The zero-order valence-electron chi connectivity index (χ0n) is 11.5. The van der Waals surface area contributed by atoms with Crippen LogP contribution in [-0.4, -0.2) is 26.6 Å². The monoisotopic (exact) mass is 255 g/mol. The Morgan fingerprint density at radius 3 is 2.61 bits per heavy atom. The minimum absolute atomic E-state index is 0.0789. The van der Waals surface area contributed by atoms with E-state index in [9.17, 15) is 4.79 Å². The predicted octanol–water partition coefficient (Wildman–Crippen LogP) is 2.30. The Labute approximate surface area is 107 Å². The number of amides is 1. The van der Waals surface area contributed by atoms with Crippen LogP contribution < -0.4 is 5.32 Å². The summed E-state index contributed by atoms with van der Waals surface area (Å²) in [5.74, 6) is 0.517. The van der Waals surface area contributed by atoms with Crippen LogP contribution in [0.25, 0.3) is 0 Å². The molecule has 18 heavy (non-hydrogen) atoms. The molecule has 102 valence electrons. The highest BCUT2D eigenvalue weighted by atomic mass is 16.6. The van der Waals surface area contributed by atoms with Gasteiger partial charge in [0, 0.05) is 12.1 Å². The van der Waals surface area contributed by atoms with Gasteiger partial charge in [0.05, 0.1) is 12.3 Å². The van der Waals surface area contributed by atoms with Crippen LogP contribution in [0.4, 0.5) is 10.6 Å². The minimum Gasteiger partial charge on any atom is -0.444 e. The lowest BCUT2D eigenvalue weighted by molar-refractivity contribution is 0.0634. The molecule has 6 nitrogen and oxygen atoms in total. The molecule has 0 aliphatic heterocycles. The molecule has 0 saturated heterocycles. The van der Waals surface area contributed by atoms with Crippen LogP contribution in [0.15, 0.2) is 6.07 Å². The second-order valence-electron chi connectivity index (χ2n) is 5.34. The third kappa shape index (κ3) is 4.03. The fourth-order valence-corrected chi connectivity index (χ4v) is 1.42. The lowest BCUT2D eigenvalue weighted by Gasteiger charge is -2.20. The zero-order chi connectivity index (χ0) is 13.9. The molecule has 1 amide bonds. The van der Waals surface area contributed by atoms with Crippen molar-refractivity contribution in [1.82, 2.24) is 9.78 Å². The molecule has 0 aliphatic rings. The predicted molar refractivity (Wildman–Crippen MR) is 68.4 cm³/mol. The third-order valence-corrected chi connectivity index (χ3v) is 2.07. The molecule has 0 aromatic carbocycles. The van der Waals surface area contributed by atoms with Crippen molar-refractivity contribution >= 4 is 11.9 Å². The van der Waals surface area contributed by atoms with E-state index < -0.39 is 11.7 Å². The van der Waals surface area contributed by atoms with E-state index in [1.807, 2.05) is 13.8 Å². The Morgan fingerprint density at radius 2 is 2.17 bits per heavy atom. The fraction of sp³-hybridized carbons (Fsp3) is 0.667. The van der Waals surface area contributed by atoms with Crippen LogP contribution >= 0.6 is 0 Å². The van der Waals surface area contributed by atoms with Gasteiger partial charge in [0.2, 0.25) is 0 Å². The summed E-state index contributed by atoms with van der Waals surface area (Å²) in [5, 5.41) is 15.9. The number of aromatic nitrogens is 2. The zero-order valence-corrected chi connectivity index (χ0v) is 11.5. The van der Waals surface area contributed by atoms with Gasteiger partial charge in [0.15, 0.2) is 0 Å². The molecule has 0 unspecified atom stereocenters. The summed E-state index contributed by atoms with van der Waals surface area (Å²) >= 11 is 0. The summed E-state index contributed by atoms with van der Waals surface area (Å²) in [6.07, 6.45) is -0.534. The first-order chi connectivity index (χ1) is 8.23. The first-order valence-corrected chi connectivity index (χ1v) is 5.92. The molecule has 1 aromatic heterocycles. The Kier molecular flexibility index (Phi) is 4.34. The standard InChI is InChI=1S/C12H21N3O3/c1-8(2)15-10(6-9(7-16)14-15)13-11(17)18-12(3,4)5/h6,8,16H,7H2,1-5H3,(H,13,17). The first-order valence-electron chi connectivity index (χ1n) is 5.92. The van der Waals surface area contributed by atoms with Gasteiger partial charge in [-0.3, -0.25) is 5.32 Å². The van der Waals surface area contributed by atoms with Crippen molar-refractivity contribution in [3.8, 4) is 0 Å². The number of ether oxygens (including phenoxy) is 1. The van der Waals surface area contributed by atoms with Gasteiger partial charge >= 0.3 is 6.09 Å². The maximum Gasteiger partial charge on any atom is 0.413 e. The molecule has 1 heterocycles. The van der Waals surface area contributed by atoms with E-state index in [2.05, 4.69) is 10.4 Å². The fourth-order valence-electron chi connectivity index (χ4n) is 1.42. The van der Waals surface area contributed by atoms with E-state index in [0.717, 1.165) is 0 Å². The molecule has 0 bridgehead atoms. The smallest absolute Gasteiger partial charge is 0.413 e. The first kappa shape index (κ1) is 14.5. The van der Waals surface area contributed by atoms with Crippen LogP contribution in [-0.2, 0) is 11.3 Å². The number of aliphatic hydroxyl groups excluding tert-OH is 1. The van der Waals surface area contributed by atoms with Crippen molar-refractivity contribution in [1.29, 1.82) is 0 Å². The van der Waals surface area contributed by atoms with Crippen LogP contribution in [0.5, 0.6) is 0 Å². The molecule has 0 spiro atoms. The van der Waals surface area contributed by atoms with Crippen molar-refractivity contribution in [3.05, 3.63) is 11.8 Å². The number of hydrogen-bond acceptors (Lipinski definition) is 4. The highest BCUT2D eigenvalue weighted by molar-refractivity contribution is 5.83. The summed E-state index contributed by atoms with van der Waals surface area (Å²) in [4.78, 5) is 11.7. The molecule has 0 aliphatic carbocycles. The summed E-state index contributed by atoms with van der Waals surface area (Å²) in [5.41, 5.74) is -0.0400. The molecule has 0 fully saturated rings. The van der Waals surface area contributed by atoms with Crippen LogP contribution in [0.1, 0.15) is 46.4 Å². The number of hydrogen-bond donors (Lipinski definition) is 2. The van der Waals surface area contributed by atoms with Gasteiger partial charge in [-0.15, -0.1) is 0 Å². The Hall–Kier alpha value is -1.56. The highest BCUT2D eigenvalue weighted by Gasteiger charge is 2.18. The van der Waals surface area contributed by atoms with E-state index in [-0.39, 0.29) is 12.6 Å². The Balaban J connectivity index is 2.83. The average molecular weight is 255 g/mol. The lowest BCUT2D eigenvalue weighted by atomic mass is 10.2. The van der Waals surface area contributed by atoms with Gasteiger partial charge in [0.25, 0.3) is 0 Å². The maximum absolute atomic E-state index is 11.7. The van der Waals surface area contributed by atoms with E-state index in [1.165, 1.54) is 0 Å². The van der Waals surface area contributed by atoms with Crippen LogP contribution in [0.3, 0.4) is 0 Å². The Morgan fingerprint density at radius 1 is 1.56 bits per heavy atom. The number of rotatable bonds is 3. The van der Waals surface area contributed by atoms with Gasteiger partial charge < -0.3 is 9.84 Å². The van der Waals surface area contributed by atoms with Gasteiger partial charge in [-0.05, 0) is 34.6 Å². The van der Waals surface area contributed by atoms with Gasteiger partial charge in [0.1, 0.15) is 11.4 Å². The average Bonchev–Trinajstić information content (AvgIpc) is 2.57. The van der Waals surface area contributed by atoms with Crippen molar-refractivity contribution in [3.63, 3.8) is 0 Å². The molecule has 0 radical (unpaired) electrons.